The molecule has 0 saturated carbocycles. The lowest BCUT2D eigenvalue weighted by Gasteiger charge is -2.09. The van der Waals surface area contributed by atoms with Crippen LogP contribution >= 0.6 is 0 Å². The molecule has 2 amide bonds. The zero-order valence-electron chi connectivity index (χ0n) is 12.4. The van der Waals surface area contributed by atoms with Crippen LogP contribution in [0, 0.1) is 5.82 Å². The topological polar surface area (TPSA) is 68.2 Å². The van der Waals surface area contributed by atoms with Crippen molar-refractivity contribution in [3.8, 4) is 5.75 Å². The van der Waals surface area contributed by atoms with E-state index in [1.165, 1.54) is 19.2 Å². The number of hydrogen-bond donors (Lipinski definition) is 2. The van der Waals surface area contributed by atoms with E-state index >= 15 is 0 Å². The van der Waals surface area contributed by atoms with E-state index in [4.69, 9.17) is 4.74 Å². The molecule has 0 bridgehead atoms. The third-order valence-corrected chi connectivity index (χ3v) is 3.08. The molecule has 6 nitrogen and oxygen atoms in total. The van der Waals surface area contributed by atoms with Crippen molar-refractivity contribution in [2.45, 2.75) is 19.5 Å². The van der Waals surface area contributed by atoms with Crippen LogP contribution in [0.2, 0.25) is 0 Å². The number of amides is 2. The molecule has 0 atom stereocenters. The van der Waals surface area contributed by atoms with E-state index < -0.39 is 5.82 Å². The molecular weight excluding hydrogens is 287 g/mol. The molecule has 0 radical (unpaired) electrons. The van der Waals surface area contributed by atoms with Gasteiger partial charge in [0.2, 0.25) is 0 Å². The summed E-state index contributed by atoms with van der Waals surface area (Å²) >= 11 is 0. The molecule has 2 aromatic rings. The number of carbonyl (C=O) groups excluding carboxylic acids is 1. The molecule has 7 heteroatoms. The van der Waals surface area contributed by atoms with Gasteiger partial charge in [-0.15, -0.1) is 0 Å². The minimum Gasteiger partial charge on any atom is -0.494 e. The Labute approximate surface area is 128 Å². The van der Waals surface area contributed by atoms with E-state index in [-0.39, 0.29) is 18.3 Å². The van der Waals surface area contributed by atoms with E-state index in [1.807, 2.05) is 12.3 Å². The lowest BCUT2D eigenvalue weighted by molar-refractivity contribution is 0.240. The fourth-order valence-corrected chi connectivity index (χ4v) is 1.94. The van der Waals surface area contributed by atoms with Crippen LogP contribution in [-0.2, 0) is 13.1 Å². The number of aromatic nitrogens is 2. The Kier molecular flexibility index (Phi) is 5.76. The van der Waals surface area contributed by atoms with Gasteiger partial charge < -0.3 is 15.4 Å². The average molecular weight is 306 g/mol. The molecular formula is C15H19FN4O2. The molecule has 0 aliphatic rings. The van der Waals surface area contributed by atoms with Gasteiger partial charge in [-0.2, -0.15) is 5.10 Å². The normalized spacial score (nSPS) is 10.3. The number of nitrogens with zero attached hydrogens (tertiary/aromatic N) is 2. The Morgan fingerprint density at radius 1 is 1.41 bits per heavy atom. The average Bonchev–Trinajstić information content (AvgIpc) is 3.03. The number of methoxy groups -OCH3 is 1. The summed E-state index contributed by atoms with van der Waals surface area (Å²) in [6, 6.07) is 6.16. The van der Waals surface area contributed by atoms with Crippen LogP contribution in [0.3, 0.4) is 0 Å². The number of rotatable bonds is 7. The fraction of sp³-hybridized carbons (Fsp3) is 0.333. The number of ether oxygens (including phenoxy) is 1. The fourth-order valence-electron chi connectivity index (χ4n) is 1.94. The van der Waals surface area contributed by atoms with Gasteiger partial charge in [-0.25, -0.2) is 9.18 Å². The lowest BCUT2D eigenvalue weighted by atomic mass is 10.2. The summed E-state index contributed by atoms with van der Waals surface area (Å²) in [6.45, 7) is 1.55. The van der Waals surface area contributed by atoms with Gasteiger partial charge in [-0.1, -0.05) is 6.07 Å². The van der Waals surface area contributed by atoms with Crippen molar-refractivity contribution in [2.24, 2.45) is 0 Å². The third kappa shape index (κ3) is 4.76. The standard InChI is InChI=1S/C15H19FN4O2/c1-22-14-5-4-12(10-13(14)16)11-18-15(21)17-6-2-8-20-9-3-7-19-20/h3-5,7,9-10H,2,6,8,11H2,1H3,(H2,17,18,21). The number of benzene rings is 1. The zero-order chi connectivity index (χ0) is 15.8. The number of nitrogens with one attached hydrogen (secondary N) is 2. The van der Waals surface area contributed by atoms with Gasteiger partial charge in [0.15, 0.2) is 11.6 Å². The molecule has 0 fully saturated rings. The van der Waals surface area contributed by atoms with Gasteiger partial charge >= 0.3 is 6.03 Å². The Morgan fingerprint density at radius 3 is 2.95 bits per heavy atom. The Balaban J connectivity index is 1.66. The van der Waals surface area contributed by atoms with Crippen LogP contribution in [0.4, 0.5) is 9.18 Å². The van der Waals surface area contributed by atoms with Crippen LogP contribution in [0.25, 0.3) is 0 Å². The molecule has 0 aliphatic carbocycles. The smallest absolute Gasteiger partial charge is 0.315 e. The summed E-state index contributed by atoms with van der Waals surface area (Å²) in [5.41, 5.74) is 0.671. The van der Waals surface area contributed by atoms with Gasteiger partial charge in [0.1, 0.15) is 0 Å². The van der Waals surface area contributed by atoms with E-state index in [2.05, 4.69) is 15.7 Å². The number of hydrogen-bond acceptors (Lipinski definition) is 3. The van der Waals surface area contributed by atoms with Gasteiger partial charge in [-0.3, -0.25) is 4.68 Å². The number of urea groups is 1. The summed E-state index contributed by atoms with van der Waals surface area (Å²) in [5, 5.41) is 9.49. The maximum absolute atomic E-state index is 13.5. The second-order valence-electron chi connectivity index (χ2n) is 4.70. The van der Waals surface area contributed by atoms with Crippen molar-refractivity contribution in [2.75, 3.05) is 13.7 Å². The molecule has 2 rings (SSSR count). The first-order chi connectivity index (χ1) is 10.7. The van der Waals surface area contributed by atoms with Gasteiger partial charge in [0, 0.05) is 32.0 Å². The second kappa shape index (κ2) is 8.02. The number of carbonyl (C=O) groups is 1. The Hall–Kier alpha value is -2.57. The molecule has 0 spiro atoms. The predicted molar refractivity (Wildman–Crippen MR) is 80.0 cm³/mol. The monoisotopic (exact) mass is 306 g/mol. The first-order valence-corrected chi connectivity index (χ1v) is 7.00. The van der Waals surface area contributed by atoms with Gasteiger partial charge in [-0.05, 0) is 30.2 Å². The summed E-state index contributed by atoms with van der Waals surface area (Å²) in [6.07, 6.45) is 4.37. The lowest BCUT2D eigenvalue weighted by Crippen LogP contribution is -2.35. The van der Waals surface area contributed by atoms with Crippen LogP contribution in [-0.4, -0.2) is 29.5 Å². The Morgan fingerprint density at radius 2 is 2.27 bits per heavy atom. The zero-order valence-corrected chi connectivity index (χ0v) is 12.4. The van der Waals surface area contributed by atoms with Crippen molar-refractivity contribution < 1.29 is 13.9 Å². The summed E-state index contributed by atoms with van der Waals surface area (Å²) in [4.78, 5) is 11.6. The number of halogens is 1. The van der Waals surface area contributed by atoms with Gasteiger partial charge in [0.25, 0.3) is 0 Å². The minimum absolute atomic E-state index is 0.187. The van der Waals surface area contributed by atoms with E-state index in [0.717, 1.165) is 13.0 Å². The molecule has 0 aliphatic heterocycles. The van der Waals surface area contributed by atoms with E-state index in [9.17, 15) is 9.18 Å². The molecule has 2 N–H and O–H groups in total. The van der Waals surface area contributed by atoms with Crippen molar-refractivity contribution in [3.63, 3.8) is 0 Å². The van der Waals surface area contributed by atoms with Crippen molar-refractivity contribution >= 4 is 6.03 Å². The van der Waals surface area contributed by atoms with Crippen LogP contribution in [0.5, 0.6) is 5.75 Å². The molecule has 1 aromatic carbocycles. The van der Waals surface area contributed by atoms with Crippen LogP contribution in [0.1, 0.15) is 12.0 Å². The molecule has 0 unspecified atom stereocenters. The maximum atomic E-state index is 13.5. The highest BCUT2D eigenvalue weighted by atomic mass is 19.1. The molecule has 118 valence electrons. The number of aryl methyl sites for hydroxylation is 1. The van der Waals surface area contributed by atoms with E-state index in [1.54, 1.807) is 16.9 Å². The van der Waals surface area contributed by atoms with Crippen molar-refractivity contribution in [1.82, 2.24) is 20.4 Å². The Bertz CT molecular complexity index is 602. The van der Waals surface area contributed by atoms with Crippen molar-refractivity contribution in [3.05, 3.63) is 48.0 Å². The summed E-state index contributed by atoms with van der Waals surface area (Å²) < 4.78 is 20.1. The summed E-state index contributed by atoms with van der Waals surface area (Å²) in [5.74, 6) is -0.256. The third-order valence-electron chi connectivity index (χ3n) is 3.08. The molecule has 1 heterocycles. The second-order valence-corrected chi connectivity index (χ2v) is 4.70. The molecule has 1 aromatic heterocycles. The van der Waals surface area contributed by atoms with Crippen LogP contribution in [0.15, 0.2) is 36.7 Å². The highest BCUT2D eigenvalue weighted by Crippen LogP contribution is 2.17. The first-order valence-electron chi connectivity index (χ1n) is 7.00. The van der Waals surface area contributed by atoms with Gasteiger partial charge in [0.05, 0.1) is 7.11 Å². The molecule has 0 saturated heterocycles. The largest absolute Gasteiger partial charge is 0.494 e. The predicted octanol–water partition coefficient (Wildman–Crippen LogP) is 1.92. The van der Waals surface area contributed by atoms with Crippen molar-refractivity contribution in [1.29, 1.82) is 0 Å². The SMILES string of the molecule is COc1ccc(CNC(=O)NCCCn2cccn2)cc1F. The first kappa shape index (κ1) is 15.8. The van der Waals surface area contributed by atoms with Crippen LogP contribution < -0.4 is 15.4 Å². The maximum Gasteiger partial charge on any atom is 0.315 e. The quantitative estimate of drug-likeness (QED) is 0.768. The highest BCUT2D eigenvalue weighted by Gasteiger charge is 2.05. The molecule has 22 heavy (non-hydrogen) atoms. The minimum atomic E-state index is -0.443. The van der Waals surface area contributed by atoms with E-state index in [0.29, 0.717) is 12.1 Å². The highest BCUT2D eigenvalue weighted by molar-refractivity contribution is 5.73. The summed E-state index contributed by atoms with van der Waals surface area (Å²) in [7, 11) is 1.41.